The number of carbonyl (C=O) groups excluding carboxylic acids is 2. The molecule has 0 aromatic carbocycles. The molecule has 3 N–H and O–H groups in total. The van der Waals surface area contributed by atoms with Crippen molar-refractivity contribution < 1.29 is 24.6 Å². The third kappa shape index (κ3) is 4.16. The van der Waals surface area contributed by atoms with Crippen LogP contribution >= 0.6 is 0 Å². The molecule has 0 aromatic heterocycles. The summed E-state index contributed by atoms with van der Waals surface area (Å²) in [7, 11) is 0. The van der Waals surface area contributed by atoms with Crippen LogP contribution in [-0.2, 0) is 14.4 Å². The van der Waals surface area contributed by atoms with Crippen molar-refractivity contribution in [1.29, 1.82) is 0 Å². The van der Waals surface area contributed by atoms with Crippen molar-refractivity contribution >= 4 is 17.7 Å². The monoisotopic (exact) mass is 443 g/mol. The van der Waals surface area contributed by atoms with E-state index >= 15 is 0 Å². The number of nitrogens with one attached hydrogen (secondary N) is 1. The standard InChI is InChI=1S/C26H37NO5/c1-13(2)9-19-23(30)21(25(32)27-19)24(31)26(6)18-8-7-14(3)10-17(18)11-15(4)22(26)16(5)12-20(28)29/h11-14,17-19,22,31H,7-10H2,1-6H3,(H,27,32)(H,28,29). The molecular formula is C26H37NO5. The zero-order chi connectivity index (χ0) is 24.0. The number of rotatable bonds is 5. The van der Waals surface area contributed by atoms with Gasteiger partial charge >= 0.3 is 5.97 Å². The maximum atomic E-state index is 13.2. The molecule has 2 aliphatic carbocycles. The Morgan fingerprint density at radius 1 is 1.28 bits per heavy atom. The Hall–Kier alpha value is -2.37. The molecule has 6 heteroatoms. The van der Waals surface area contributed by atoms with Crippen LogP contribution in [0.4, 0.5) is 0 Å². The van der Waals surface area contributed by atoms with Crippen LogP contribution in [0.3, 0.4) is 0 Å². The number of hydrogen-bond donors (Lipinski definition) is 3. The molecule has 3 aliphatic rings. The molecule has 0 spiro atoms. The van der Waals surface area contributed by atoms with Gasteiger partial charge in [0.2, 0.25) is 0 Å². The summed E-state index contributed by atoms with van der Waals surface area (Å²) >= 11 is 0. The lowest BCUT2D eigenvalue weighted by Gasteiger charge is -2.53. The number of ketones is 1. The smallest absolute Gasteiger partial charge is 0.328 e. The molecule has 1 saturated carbocycles. The Bertz CT molecular complexity index is 911. The number of aliphatic hydroxyl groups excluding tert-OH is 1. The summed E-state index contributed by atoms with van der Waals surface area (Å²) in [4.78, 5) is 37.6. The average Bonchev–Trinajstić information content (AvgIpc) is 2.92. The summed E-state index contributed by atoms with van der Waals surface area (Å²) in [5.41, 5.74) is 0.518. The Morgan fingerprint density at radius 3 is 2.53 bits per heavy atom. The third-order valence-electron chi connectivity index (χ3n) is 7.82. The molecule has 0 bridgehead atoms. The minimum absolute atomic E-state index is 0.0155. The lowest BCUT2D eigenvalue weighted by Crippen LogP contribution is -2.47. The van der Waals surface area contributed by atoms with Gasteiger partial charge in [-0.1, -0.05) is 51.3 Å². The van der Waals surface area contributed by atoms with Gasteiger partial charge in [0.15, 0.2) is 5.78 Å². The number of fused-ring (bicyclic) bond motifs is 1. The predicted octanol–water partition coefficient (Wildman–Crippen LogP) is 4.58. The van der Waals surface area contributed by atoms with Gasteiger partial charge < -0.3 is 15.5 Å². The molecule has 6 unspecified atom stereocenters. The number of allylic oxidation sites excluding steroid dienone is 4. The number of hydrogen-bond acceptors (Lipinski definition) is 4. The van der Waals surface area contributed by atoms with Crippen LogP contribution < -0.4 is 5.32 Å². The molecule has 0 aromatic rings. The molecule has 32 heavy (non-hydrogen) atoms. The second-order valence-corrected chi connectivity index (χ2v) is 10.8. The molecule has 2 fully saturated rings. The van der Waals surface area contributed by atoms with Crippen LogP contribution in [0.15, 0.2) is 34.6 Å². The topological polar surface area (TPSA) is 104 Å². The van der Waals surface area contributed by atoms with Crippen LogP contribution in [0.25, 0.3) is 0 Å². The number of aliphatic carboxylic acids is 1. The van der Waals surface area contributed by atoms with E-state index in [1.807, 2.05) is 27.7 Å². The largest absolute Gasteiger partial charge is 0.511 e. The lowest BCUT2D eigenvalue weighted by atomic mass is 9.51. The van der Waals surface area contributed by atoms with Crippen molar-refractivity contribution in [3.05, 3.63) is 34.6 Å². The van der Waals surface area contributed by atoms with E-state index < -0.39 is 29.3 Å². The molecule has 1 amide bonds. The van der Waals surface area contributed by atoms with E-state index in [0.717, 1.165) is 24.8 Å². The minimum Gasteiger partial charge on any atom is -0.511 e. The van der Waals surface area contributed by atoms with E-state index in [4.69, 9.17) is 0 Å². The van der Waals surface area contributed by atoms with Gasteiger partial charge in [-0.2, -0.15) is 0 Å². The number of carbonyl (C=O) groups is 3. The van der Waals surface area contributed by atoms with Crippen LogP contribution in [0, 0.1) is 35.0 Å². The number of carboxylic acid groups (broad SMARTS) is 1. The number of amides is 1. The van der Waals surface area contributed by atoms with E-state index in [1.54, 1.807) is 6.92 Å². The van der Waals surface area contributed by atoms with Gasteiger partial charge in [-0.05, 0) is 56.8 Å². The lowest BCUT2D eigenvalue weighted by molar-refractivity contribution is -0.131. The predicted molar refractivity (Wildman–Crippen MR) is 123 cm³/mol. The maximum absolute atomic E-state index is 13.2. The summed E-state index contributed by atoms with van der Waals surface area (Å²) in [6.07, 6.45) is 6.75. The summed E-state index contributed by atoms with van der Waals surface area (Å²) in [6, 6.07) is -0.625. The Labute approximate surface area is 190 Å². The van der Waals surface area contributed by atoms with Crippen molar-refractivity contribution in [3.8, 4) is 0 Å². The average molecular weight is 444 g/mol. The summed E-state index contributed by atoms with van der Waals surface area (Å²) < 4.78 is 0. The Kier molecular flexibility index (Phi) is 6.73. The van der Waals surface area contributed by atoms with E-state index in [0.29, 0.717) is 17.9 Å². The van der Waals surface area contributed by atoms with Gasteiger partial charge in [0.1, 0.15) is 11.3 Å². The molecule has 3 rings (SSSR count). The van der Waals surface area contributed by atoms with E-state index in [-0.39, 0.29) is 34.9 Å². The maximum Gasteiger partial charge on any atom is 0.328 e. The highest BCUT2D eigenvalue weighted by atomic mass is 16.4. The molecule has 0 radical (unpaired) electrons. The summed E-state index contributed by atoms with van der Waals surface area (Å²) in [5.74, 6) is -1.49. The zero-order valence-corrected chi connectivity index (χ0v) is 20.1. The SMILES string of the molecule is CC(=CC(=O)O)C1C(C)=CC2CC(C)CCC2C1(C)C(O)=C1C(=O)NC(CC(C)C)C1=O. The molecular weight excluding hydrogens is 406 g/mol. The van der Waals surface area contributed by atoms with Crippen molar-refractivity contribution in [2.24, 2.45) is 35.0 Å². The van der Waals surface area contributed by atoms with Gasteiger partial charge in [0.25, 0.3) is 5.91 Å². The first-order chi connectivity index (χ1) is 14.9. The zero-order valence-electron chi connectivity index (χ0n) is 20.1. The van der Waals surface area contributed by atoms with Gasteiger partial charge in [0, 0.05) is 17.4 Å². The number of Topliss-reactive ketones (excluding diaryl/α,β-unsaturated/α-hetero) is 1. The van der Waals surface area contributed by atoms with Crippen LogP contribution in [-0.4, -0.2) is 33.9 Å². The first-order valence-corrected chi connectivity index (χ1v) is 11.8. The van der Waals surface area contributed by atoms with Crippen molar-refractivity contribution in [2.75, 3.05) is 0 Å². The fraction of sp³-hybridized carbons (Fsp3) is 0.654. The van der Waals surface area contributed by atoms with Crippen molar-refractivity contribution in [3.63, 3.8) is 0 Å². The Balaban J connectivity index is 2.19. The molecule has 6 nitrogen and oxygen atoms in total. The normalized spacial score (nSPS) is 37.2. The molecule has 1 heterocycles. The van der Waals surface area contributed by atoms with Crippen LogP contribution in [0.2, 0.25) is 0 Å². The molecule has 1 aliphatic heterocycles. The van der Waals surface area contributed by atoms with Gasteiger partial charge in [-0.15, -0.1) is 0 Å². The van der Waals surface area contributed by atoms with Crippen LogP contribution in [0.1, 0.15) is 67.2 Å². The highest BCUT2D eigenvalue weighted by Gasteiger charge is 2.55. The second-order valence-electron chi connectivity index (χ2n) is 10.8. The fourth-order valence-electron chi connectivity index (χ4n) is 6.61. The number of carboxylic acids is 1. The first-order valence-electron chi connectivity index (χ1n) is 11.8. The van der Waals surface area contributed by atoms with Gasteiger partial charge in [0.05, 0.1) is 6.04 Å². The van der Waals surface area contributed by atoms with E-state index in [1.165, 1.54) is 6.08 Å². The van der Waals surface area contributed by atoms with Crippen molar-refractivity contribution in [1.82, 2.24) is 5.32 Å². The van der Waals surface area contributed by atoms with Gasteiger partial charge in [-0.25, -0.2) is 4.79 Å². The van der Waals surface area contributed by atoms with Gasteiger partial charge in [-0.3, -0.25) is 9.59 Å². The quantitative estimate of drug-likeness (QED) is 0.250. The van der Waals surface area contributed by atoms with Crippen molar-refractivity contribution in [2.45, 2.75) is 73.3 Å². The highest BCUT2D eigenvalue weighted by Crippen LogP contribution is 2.59. The third-order valence-corrected chi connectivity index (χ3v) is 7.82. The minimum atomic E-state index is -1.05. The van der Waals surface area contributed by atoms with Crippen LogP contribution in [0.5, 0.6) is 0 Å². The second kappa shape index (κ2) is 8.87. The summed E-state index contributed by atoms with van der Waals surface area (Å²) in [6.45, 7) is 11.8. The molecule has 6 atom stereocenters. The Morgan fingerprint density at radius 2 is 1.94 bits per heavy atom. The fourth-order valence-corrected chi connectivity index (χ4v) is 6.61. The van der Waals surface area contributed by atoms with E-state index in [2.05, 4.69) is 18.3 Å². The number of aliphatic hydroxyl groups is 1. The van der Waals surface area contributed by atoms with E-state index in [9.17, 15) is 24.6 Å². The molecule has 1 saturated heterocycles. The summed E-state index contributed by atoms with van der Waals surface area (Å²) in [5, 5.41) is 23.9. The molecule has 176 valence electrons. The highest BCUT2D eigenvalue weighted by molar-refractivity contribution is 6.27. The first kappa shape index (κ1) is 24.3.